The lowest BCUT2D eigenvalue weighted by atomic mass is 9.92. The van der Waals surface area contributed by atoms with E-state index in [0.717, 1.165) is 37.9 Å². The van der Waals surface area contributed by atoms with Crippen LogP contribution in [0.25, 0.3) is 0 Å². The van der Waals surface area contributed by atoms with Crippen molar-refractivity contribution >= 4 is 18.1 Å². The van der Waals surface area contributed by atoms with E-state index in [2.05, 4.69) is 28.9 Å². The van der Waals surface area contributed by atoms with Crippen LogP contribution in [0, 0.1) is 5.92 Å². The van der Waals surface area contributed by atoms with Gasteiger partial charge in [-0.25, -0.2) is 0 Å². The summed E-state index contributed by atoms with van der Waals surface area (Å²) in [4.78, 5) is 6.69. The lowest BCUT2D eigenvalue weighted by Crippen LogP contribution is -2.34. The first-order chi connectivity index (χ1) is 9.70. The monoisotopic (exact) mass is 299 g/mol. The number of nitrogens with zero attached hydrogens (tertiary/aromatic N) is 3. The molecule has 1 aromatic rings. The molecule has 1 fully saturated rings. The summed E-state index contributed by atoms with van der Waals surface area (Å²) >= 11 is 1.45. The van der Waals surface area contributed by atoms with Gasteiger partial charge in [0.25, 0.3) is 0 Å². The van der Waals surface area contributed by atoms with E-state index in [4.69, 9.17) is 8.71 Å². The average Bonchev–Trinajstić information content (AvgIpc) is 2.94. The van der Waals surface area contributed by atoms with E-state index in [9.17, 15) is 0 Å². The summed E-state index contributed by atoms with van der Waals surface area (Å²) in [5.74, 6) is 1.93. The molecule has 1 saturated heterocycles. The molecule has 6 heteroatoms. The summed E-state index contributed by atoms with van der Waals surface area (Å²) in [6.45, 7) is 7.07. The second-order valence-corrected chi connectivity index (χ2v) is 6.22. The van der Waals surface area contributed by atoms with Gasteiger partial charge in [-0.05, 0) is 43.6 Å². The second kappa shape index (κ2) is 7.88. The van der Waals surface area contributed by atoms with Gasteiger partial charge >= 0.3 is 6.01 Å². The molecule has 0 aromatic carbocycles. The third-order valence-electron chi connectivity index (χ3n) is 3.79. The van der Waals surface area contributed by atoms with Gasteiger partial charge in [-0.2, -0.15) is 4.98 Å². The third kappa shape index (κ3) is 4.38. The van der Waals surface area contributed by atoms with Crippen LogP contribution in [0.5, 0.6) is 0 Å². The fraction of sp³-hybridized carbons (Fsp3) is 0.857. The minimum absolute atomic E-state index is 0.321. The Bertz CT molecular complexity index is 390. The van der Waals surface area contributed by atoms with Crippen molar-refractivity contribution in [3.8, 4) is 0 Å². The van der Waals surface area contributed by atoms with Crippen LogP contribution in [0.1, 0.15) is 51.3 Å². The van der Waals surface area contributed by atoms with E-state index in [0.29, 0.717) is 11.9 Å². The molecule has 0 spiro atoms. The van der Waals surface area contributed by atoms with E-state index in [-0.39, 0.29) is 0 Å². The molecule has 1 aliphatic rings. The van der Waals surface area contributed by atoms with Crippen LogP contribution in [0.2, 0.25) is 0 Å². The maximum absolute atomic E-state index is 5.36. The minimum atomic E-state index is 0.321. The minimum Gasteiger partial charge on any atom is -0.324 e. The van der Waals surface area contributed by atoms with Gasteiger partial charge in [0.05, 0.1) is 6.61 Å². The molecule has 2 rings (SSSR count). The first-order valence-electron chi connectivity index (χ1n) is 7.45. The fourth-order valence-electron chi connectivity index (χ4n) is 2.52. The Kier molecular flexibility index (Phi) is 6.16. The van der Waals surface area contributed by atoms with Gasteiger partial charge in [0.15, 0.2) is 5.82 Å². The van der Waals surface area contributed by atoms with E-state index in [1.807, 2.05) is 6.26 Å². The van der Waals surface area contributed by atoms with Crippen LogP contribution in [0.4, 0.5) is 6.01 Å². The van der Waals surface area contributed by atoms with Crippen molar-refractivity contribution in [1.82, 2.24) is 10.1 Å². The topological polar surface area (TPSA) is 51.4 Å². The second-order valence-electron chi connectivity index (χ2n) is 5.65. The van der Waals surface area contributed by atoms with Gasteiger partial charge in [-0.3, -0.25) is 0 Å². The molecular formula is C14H25N3O2S. The smallest absolute Gasteiger partial charge is 0.324 e. The standard InChI is InChI=1S/C14H25N3O2S/c1-11(2)13-15-14(19-16-13)17-8-6-12(7-9-17)5-4-10-18-20-3/h11-12H,4-10H2,1-3H3. The first kappa shape index (κ1) is 15.6. The van der Waals surface area contributed by atoms with Crippen LogP contribution in [0.3, 0.4) is 0 Å². The molecule has 1 aliphatic heterocycles. The molecule has 0 bridgehead atoms. The van der Waals surface area contributed by atoms with Crippen molar-refractivity contribution in [2.75, 3.05) is 30.9 Å². The van der Waals surface area contributed by atoms with Crippen LogP contribution in [0.15, 0.2) is 4.52 Å². The third-order valence-corrected chi connectivity index (χ3v) is 4.19. The lowest BCUT2D eigenvalue weighted by molar-refractivity contribution is 0.304. The molecule has 1 aromatic heterocycles. The molecule has 114 valence electrons. The van der Waals surface area contributed by atoms with Crippen molar-refractivity contribution in [3.05, 3.63) is 5.82 Å². The van der Waals surface area contributed by atoms with E-state index < -0.39 is 0 Å². The highest BCUT2D eigenvalue weighted by atomic mass is 32.2. The van der Waals surface area contributed by atoms with Crippen molar-refractivity contribution < 1.29 is 8.71 Å². The van der Waals surface area contributed by atoms with Crippen molar-refractivity contribution in [1.29, 1.82) is 0 Å². The molecule has 0 unspecified atom stereocenters. The zero-order valence-corrected chi connectivity index (χ0v) is 13.5. The highest BCUT2D eigenvalue weighted by Crippen LogP contribution is 2.26. The molecule has 0 atom stereocenters. The molecule has 5 nitrogen and oxygen atoms in total. The van der Waals surface area contributed by atoms with Crippen LogP contribution >= 0.6 is 12.0 Å². The molecule has 20 heavy (non-hydrogen) atoms. The van der Waals surface area contributed by atoms with E-state index in [1.165, 1.54) is 31.3 Å². The van der Waals surface area contributed by atoms with E-state index >= 15 is 0 Å². The van der Waals surface area contributed by atoms with Gasteiger partial charge < -0.3 is 13.6 Å². The number of piperidine rings is 1. The summed E-state index contributed by atoms with van der Waals surface area (Å²) in [7, 11) is 0. The fourth-order valence-corrected chi connectivity index (χ4v) is 2.80. The summed E-state index contributed by atoms with van der Waals surface area (Å²) in [5.41, 5.74) is 0. The Morgan fingerprint density at radius 2 is 2.15 bits per heavy atom. The Morgan fingerprint density at radius 3 is 2.75 bits per heavy atom. The van der Waals surface area contributed by atoms with Gasteiger partial charge in [0.2, 0.25) is 0 Å². The summed E-state index contributed by atoms with van der Waals surface area (Å²) < 4.78 is 10.7. The predicted octanol–water partition coefficient (Wildman–Crippen LogP) is 3.48. The number of rotatable bonds is 7. The van der Waals surface area contributed by atoms with Gasteiger partial charge in [0, 0.05) is 25.3 Å². The molecule has 0 aliphatic carbocycles. The van der Waals surface area contributed by atoms with Crippen LogP contribution in [-0.4, -0.2) is 36.1 Å². The SMILES string of the molecule is CSOCCCC1CCN(c2nc(C(C)C)no2)CC1. The predicted molar refractivity (Wildman–Crippen MR) is 82.0 cm³/mol. The number of anilines is 1. The zero-order valence-electron chi connectivity index (χ0n) is 12.7. The van der Waals surface area contributed by atoms with Crippen molar-refractivity contribution in [2.45, 2.75) is 45.4 Å². The number of hydrogen-bond donors (Lipinski definition) is 0. The maximum Gasteiger partial charge on any atom is 0.324 e. The number of hydrogen-bond acceptors (Lipinski definition) is 6. The van der Waals surface area contributed by atoms with Crippen molar-refractivity contribution in [3.63, 3.8) is 0 Å². The van der Waals surface area contributed by atoms with Crippen LogP contribution < -0.4 is 4.90 Å². The largest absolute Gasteiger partial charge is 0.324 e. The molecule has 0 amide bonds. The molecule has 0 radical (unpaired) electrons. The zero-order chi connectivity index (χ0) is 14.4. The maximum atomic E-state index is 5.36. The molecule has 0 saturated carbocycles. The van der Waals surface area contributed by atoms with Crippen LogP contribution in [-0.2, 0) is 4.18 Å². The Morgan fingerprint density at radius 1 is 1.40 bits per heavy atom. The summed E-state index contributed by atoms with van der Waals surface area (Å²) in [6.07, 6.45) is 6.80. The Labute approximate surface area is 125 Å². The Balaban J connectivity index is 1.73. The average molecular weight is 299 g/mol. The summed E-state index contributed by atoms with van der Waals surface area (Å²) in [6, 6.07) is 0.692. The van der Waals surface area contributed by atoms with Gasteiger partial charge in [0.1, 0.15) is 0 Å². The van der Waals surface area contributed by atoms with Gasteiger partial charge in [-0.15, -0.1) is 0 Å². The molecule has 2 heterocycles. The van der Waals surface area contributed by atoms with E-state index in [1.54, 1.807) is 0 Å². The van der Waals surface area contributed by atoms with Gasteiger partial charge in [-0.1, -0.05) is 19.0 Å². The highest BCUT2D eigenvalue weighted by molar-refractivity contribution is 7.93. The Hall–Kier alpha value is -0.750. The normalized spacial score (nSPS) is 17.1. The quantitative estimate of drug-likeness (QED) is 0.567. The van der Waals surface area contributed by atoms with Crippen molar-refractivity contribution in [2.24, 2.45) is 5.92 Å². The highest BCUT2D eigenvalue weighted by Gasteiger charge is 2.23. The lowest BCUT2D eigenvalue weighted by Gasteiger charge is -2.30. The molecule has 0 N–H and O–H groups in total. The first-order valence-corrected chi connectivity index (χ1v) is 8.60. The number of aromatic nitrogens is 2. The molecular weight excluding hydrogens is 274 g/mol. The summed E-state index contributed by atoms with van der Waals surface area (Å²) in [5, 5.41) is 4.03.